The predicted octanol–water partition coefficient (Wildman–Crippen LogP) is 2.30. The molecule has 0 saturated carbocycles. The highest BCUT2D eigenvalue weighted by Gasteiger charge is 2.10. The van der Waals surface area contributed by atoms with Crippen molar-refractivity contribution >= 4 is 34.1 Å². The molecule has 1 aromatic heterocycles. The minimum atomic E-state index is -0.360. The van der Waals surface area contributed by atoms with Crippen molar-refractivity contribution < 1.29 is 9.59 Å². The number of carbonyl (C=O) groups excluding carboxylic acids is 2. The van der Waals surface area contributed by atoms with Gasteiger partial charge in [0.25, 0.3) is 5.56 Å². The number of aryl methyl sites for hydroxylation is 1. The van der Waals surface area contributed by atoms with Gasteiger partial charge in [0.15, 0.2) is 0 Å². The Morgan fingerprint density at radius 1 is 1.08 bits per heavy atom. The van der Waals surface area contributed by atoms with E-state index in [2.05, 4.69) is 15.6 Å². The van der Waals surface area contributed by atoms with Gasteiger partial charge < -0.3 is 10.6 Å². The summed E-state index contributed by atoms with van der Waals surface area (Å²) in [5.74, 6) is -0.557. The molecule has 0 spiro atoms. The van der Waals surface area contributed by atoms with Crippen molar-refractivity contribution in [3.63, 3.8) is 0 Å². The summed E-state index contributed by atoms with van der Waals surface area (Å²) in [5, 5.41) is 5.84. The first kappa shape index (κ1) is 17.3. The van der Waals surface area contributed by atoms with Gasteiger partial charge in [0.05, 0.1) is 17.2 Å². The van der Waals surface area contributed by atoms with E-state index in [1.165, 1.54) is 17.8 Å². The lowest BCUT2D eigenvalue weighted by Gasteiger charge is -2.10. The van der Waals surface area contributed by atoms with Crippen LogP contribution in [0.1, 0.15) is 12.5 Å². The smallest absolute Gasteiger partial charge is 0.261 e. The first-order valence-corrected chi connectivity index (χ1v) is 8.06. The molecule has 7 nitrogen and oxygen atoms in total. The molecule has 0 unspecified atom stereocenters. The summed E-state index contributed by atoms with van der Waals surface area (Å²) in [6.07, 6.45) is 1.38. The largest absolute Gasteiger partial charge is 0.326 e. The first-order valence-electron chi connectivity index (χ1n) is 8.06. The molecule has 0 radical (unpaired) electrons. The molecule has 2 N–H and O–H groups in total. The van der Waals surface area contributed by atoms with E-state index in [0.717, 1.165) is 5.56 Å². The number of aromatic nitrogens is 2. The van der Waals surface area contributed by atoms with Gasteiger partial charge in [0.1, 0.15) is 6.54 Å². The molecule has 1 heterocycles. The Bertz CT molecular complexity index is 1060. The third-order valence-electron chi connectivity index (χ3n) is 3.84. The number of nitrogens with zero attached hydrogens (tertiary/aromatic N) is 2. The van der Waals surface area contributed by atoms with Crippen LogP contribution in [-0.4, -0.2) is 21.4 Å². The van der Waals surface area contributed by atoms with Gasteiger partial charge in [-0.1, -0.05) is 18.2 Å². The molecule has 0 aliphatic heterocycles. The molecule has 0 atom stereocenters. The summed E-state index contributed by atoms with van der Waals surface area (Å²) < 4.78 is 1.27. The van der Waals surface area contributed by atoms with Gasteiger partial charge in [-0.05, 0) is 36.8 Å². The second-order valence-electron chi connectivity index (χ2n) is 5.96. The molecule has 0 aliphatic rings. The highest BCUT2D eigenvalue weighted by atomic mass is 16.2. The van der Waals surface area contributed by atoms with Crippen molar-refractivity contribution in [1.29, 1.82) is 0 Å². The average molecular weight is 350 g/mol. The third-order valence-corrected chi connectivity index (χ3v) is 3.84. The Hall–Kier alpha value is -3.48. The van der Waals surface area contributed by atoms with Crippen molar-refractivity contribution in [2.24, 2.45) is 0 Å². The Kier molecular flexibility index (Phi) is 4.79. The summed E-state index contributed by atoms with van der Waals surface area (Å²) in [5.41, 5.74) is 2.39. The highest BCUT2D eigenvalue weighted by Crippen LogP contribution is 2.15. The topological polar surface area (TPSA) is 93.1 Å². The SMILES string of the molecule is CC(=O)Nc1cccc(NC(=O)Cn2cnc3c(C)cccc3c2=O)c1. The van der Waals surface area contributed by atoms with E-state index >= 15 is 0 Å². The summed E-state index contributed by atoms with van der Waals surface area (Å²) in [4.78, 5) is 40.2. The van der Waals surface area contributed by atoms with Crippen LogP contribution in [0.3, 0.4) is 0 Å². The quantitative estimate of drug-likeness (QED) is 0.755. The van der Waals surface area contributed by atoms with Crippen LogP contribution in [0.5, 0.6) is 0 Å². The van der Waals surface area contributed by atoms with Gasteiger partial charge >= 0.3 is 0 Å². The van der Waals surface area contributed by atoms with Crippen LogP contribution in [0.25, 0.3) is 10.9 Å². The Morgan fingerprint density at radius 2 is 1.77 bits per heavy atom. The number of fused-ring (bicyclic) bond motifs is 1. The van der Waals surface area contributed by atoms with Crippen molar-refractivity contribution in [3.05, 3.63) is 64.7 Å². The number of amides is 2. The molecule has 26 heavy (non-hydrogen) atoms. The fraction of sp³-hybridized carbons (Fsp3) is 0.158. The van der Waals surface area contributed by atoms with E-state index in [0.29, 0.717) is 22.3 Å². The van der Waals surface area contributed by atoms with Gasteiger partial charge in [0, 0.05) is 18.3 Å². The molecule has 0 aliphatic carbocycles. The zero-order chi connectivity index (χ0) is 18.7. The van der Waals surface area contributed by atoms with Gasteiger partial charge in [-0.25, -0.2) is 4.98 Å². The molecule has 2 amide bonds. The first-order chi connectivity index (χ1) is 12.4. The second kappa shape index (κ2) is 7.18. The number of carbonyl (C=O) groups is 2. The summed E-state index contributed by atoms with van der Waals surface area (Å²) >= 11 is 0. The van der Waals surface area contributed by atoms with Crippen LogP contribution in [0.4, 0.5) is 11.4 Å². The summed E-state index contributed by atoms with van der Waals surface area (Å²) in [6, 6.07) is 12.2. The number of hydrogen-bond donors (Lipinski definition) is 2. The minimum Gasteiger partial charge on any atom is -0.326 e. The fourth-order valence-corrected chi connectivity index (χ4v) is 2.68. The van der Waals surface area contributed by atoms with Gasteiger partial charge in [-0.2, -0.15) is 0 Å². The van der Waals surface area contributed by atoms with Crippen LogP contribution in [-0.2, 0) is 16.1 Å². The molecule has 132 valence electrons. The van der Waals surface area contributed by atoms with E-state index in [1.807, 2.05) is 13.0 Å². The number of para-hydroxylation sites is 1. The molecule has 0 saturated heterocycles. The van der Waals surface area contributed by atoms with Gasteiger partial charge in [0.2, 0.25) is 11.8 Å². The van der Waals surface area contributed by atoms with Gasteiger partial charge in [-0.15, -0.1) is 0 Å². The van der Waals surface area contributed by atoms with Crippen LogP contribution in [0.2, 0.25) is 0 Å². The van der Waals surface area contributed by atoms with Crippen molar-refractivity contribution in [2.75, 3.05) is 10.6 Å². The van der Waals surface area contributed by atoms with Crippen LogP contribution in [0.15, 0.2) is 53.6 Å². The fourth-order valence-electron chi connectivity index (χ4n) is 2.68. The molecule has 7 heteroatoms. The van der Waals surface area contributed by atoms with E-state index in [4.69, 9.17) is 0 Å². The molecule has 0 fully saturated rings. The molecular weight excluding hydrogens is 332 g/mol. The van der Waals surface area contributed by atoms with E-state index in [-0.39, 0.29) is 23.9 Å². The Labute approximate surface area is 149 Å². The van der Waals surface area contributed by atoms with E-state index in [9.17, 15) is 14.4 Å². The molecule has 2 aromatic carbocycles. The highest BCUT2D eigenvalue weighted by molar-refractivity contribution is 5.93. The monoisotopic (exact) mass is 350 g/mol. The van der Waals surface area contributed by atoms with E-state index in [1.54, 1.807) is 36.4 Å². The number of benzene rings is 2. The zero-order valence-corrected chi connectivity index (χ0v) is 14.4. The maximum atomic E-state index is 12.5. The minimum absolute atomic E-state index is 0.153. The van der Waals surface area contributed by atoms with E-state index < -0.39 is 0 Å². The molecule has 0 bridgehead atoms. The van der Waals surface area contributed by atoms with Crippen molar-refractivity contribution in [2.45, 2.75) is 20.4 Å². The average Bonchev–Trinajstić information content (AvgIpc) is 2.57. The van der Waals surface area contributed by atoms with Gasteiger partial charge in [-0.3, -0.25) is 19.0 Å². The molecular formula is C19H18N4O3. The number of hydrogen-bond acceptors (Lipinski definition) is 4. The maximum Gasteiger partial charge on any atom is 0.261 e. The summed E-state index contributed by atoms with van der Waals surface area (Å²) in [6.45, 7) is 3.14. The second-order valence-corrected chi connectivity index (χ2v) is 5.96. The number of anilines is 2. The zero-order valence-electron chi connectivity index (χ0n) is 14.4. The van der Waals surface area contributed by atoms with Crippen LogP contribution in [0, 0.1) is 6.92 Å². The Morgan fingerprint density at radius 3 is 2.50 bits per heavy atom. The molecule has 3 rings (SSSR count). The lowest BCUT2D eigenvalue weighted by Crippen LogP contribution is -2.28. The summed E-state index contributed by atoms with van der Waals surface area (Å²) in [7, 11) is 0. The lowest BCUT2D eigenvalue weighted by atomic mass is 10.1. The number of rotatable bonds is 4. The third kappa shape index (κ3) is 3.77. The standard InChI is InChI=1S/C19H18N4O3/c1-12-5-3-8-16-18(12)20-11-23(19(16)26)10-17(25)22-15-7-4-6-14(9-15)21-13(2)24/h3-9,11H,10H2,1-2H3,(H,21,24)(H,22,25). The van der Waals surface area contributed by atoms with Crippen LogP contribution < -0.4 is 16.2 Å². The lowest BCUT2D eigenvalue weighted by molar-refractivity contribution is -0.117. The van der Waals surface area contributed by atoms with Crippen LogP contribution >= 0.6 is 0 Å². The molecule has 3 aromatic rings. The number of nitrogens with one attached hydrogen (secondary N) is 2. The maximum absolute atomic E-state index is 12.5. The Balaban J connectivity index is 1.78. The normalized spacial score (nSPS) is 10.5. The predicted molar refractivity (Wildman–Crippen MR) is 100 cm³/mol. The van der Waals surface area contributed by atoms with Crippen molar-refractivity contribution in [3.8, 4) is 0 Å². The van der Waals surface area contributed by atoms with Crippen molar-refractivity contribution in [1.82, 2.24) is 9.55 Å².